The molecule has 2 aliphatic heterocycles. The number of allylic oxidation sites excluding steroid dienone is 2. The number of non-ortho nitro benzene ring substituents is 1. The number of nitro groups is 1. The summed E-state index contributed by atoms with van der Waals surface area (Å²) in [5, 5.41) is 23.9. The van der Waals surface area contributed by atoms with E-state index in [0.717, 1.165) is 17.0 Å². The van der Waals surface area contributed by atoms with Crippen molar-refractivity contribution in [2.45, 2.75) is 28.5 Å². The van der Waals surface area contributed by atoms with E-state index >= 15 is 8.78 Å². The van der Waals surface area contributed by atoms with Gasteiger partial charge in [0.05, 0.1) is 22.4 Å². The number of nitro benzene ring substituents is 1. The second kappa shape index (κ2) is 11.5. The van der Waals surface area contributed by atoms with Crippen LogP contribution < -0.4 is 9.80 Å². The number of rotatable bonds is 4. The topological polar surface area (TPSA) is 138 Å². The monoisotopic (exact) mass is 771 g/mol. The molecule has 10 nitrogen and oxygen atoms in total. The fourth-order valence-electron chi connectivity index (χ4n) is 8.42. The van der Waals surface area contributed by atoms with Crippen LogP contribution in [0.5, 0.6) is 5.75 Å². The average Bonchev–Trinajstić information content (AvgIpc) is 3.48. The van der Waals surface area contributed by atoms with Crippen LogP contribution in [-0.4, -0.2) is 43.4 Å². The van der Waals surface area contributed by atoms with Crippen LogP contribution in [0, 0.1) is 57.0 Å². The third-order valence-electron chi connectivity index (χ3n) is 10.8. The number of carbonyl (C=O) groups is 4. The molecule has 0 aromatic heterocycles. The lowest BCUT2D eigenvalue weighted by Gasteiger charge is -2.50. The molecule has 2 heterocycles. The molecule has 1 N–H and O–H groups in total. The summed E-state index contributed by atoms with van der Waals surface area (Å²) in [6, 6.07) is 14.1. The number of alkyl halides is 2. The molecule has 2 saturated heterocycles. The maximum Gasteiger partial charge on any atom is 0.271 e. The maximum atomic E-state index is 15.3. The SMILES string of the molecule is O=C1C2CC=C3C(CC4(Cl)C(=O)N(c5c(F)c(F)c(F)c(F)c5F)C(=O)C4(Cl)C3c3ccc4ccccc4c3O)C2C(=O)N1c1cccc([N+](=O)[O-])c1. The molecule has 270 valence electrons. The summed E-state index contributed by atoms with van der Waals surface area (Å²) >= 11 is 14.3. The van der Waals surface area contributed by atoms with E-state index < -0.39 is 115 Å². The summed E-state index contributed by atoms with van der Waals surface area (Å²) in [5.41, 5.74) is -2.47. The lowest BCUT2D eigenvalue weighted by Crippen LogP contribution is -2.60. The first kappa shape index (κ1) is 34.7. The van der Waals surface area contributed by atoms with Crippen molar-refractivity contribution in [2.75, 3.05) is 9.80 Å². The van der Waals surface area contributed by atoms with Crippen LogP contribution in [0.4, 0.5) is 39.0 Å². The molecule has 4 aromatic carbocycles. The zero-order valence-corrected chi connectivity index (χ0v) is 28.0. The van der Waals surface area contributed by atoms with Gasteiger partial charge >= 0.3 is 0 Å². The van der Waals surface area contributed by atoms with Crippen LogP contribution in [0.25, 0.3) is 10.8 Å². The molecule has 0 radical (unpaired) electrons. The molecule has 3 fully saturated rings. The highest BCUT2D eigenvalue weighted by Gasteiger charge is 2.77. The number of imide groups is 2. The highest BCUT2D eigenvalue weighted by atomic mass is 35.5. The third-order valence-corrected chi connectivity index (χ3v) is 12.2. The minimum atomic E-state index is -2.83. The second-order valence-electron chi connectivity index (χ2n) is 13.2. The Kier molecular flexibility index (Phi) is 7.55. The van der Waals surface area contributed by atoms with Crippen molar-refractivity contribution in [1.82, 2.24) is 0 Å². The Morgan fingerprint density at radius 3 is 2.13 bits per heavy atom. The van der Waals surface area contributed by atoms with Gasteiger partial charge in [-0.15, -0.1) is 23.2 Å². The van der Waals surface area contributed by atoms with E-state index in [1.807, 2.05) is 0 Å². The van der Waals surface area contributed by atoms with E-state index in [-0.39, 0.29) is 33.5 Å². The van der Waals surface area contributed by atoms with Crippen molar-refractivity contribution in [1.29, 1.82) is 0 Å². The molecule has 4 aliphatic rings. The van der Waals surface area contributed by atoms with Gasteiger partial charge in [0, 0.05) is 29.0 Å². The summed E-state index contributed by atoms with van der Waals surface area (Å²) in [6.45, 7) is 0. The summed E-state index contributed by atoms with van der Waals surface area (Å²) in [5.74, 6) is -23.3. The molecule has 4 aromatic rings. The van der Waals surface area contributed by atoms with Gasteiger partial charge in [-0.2, -0.15) is 0 Å². The van der Waals surface area contributed by atoms with Gasteiger partial charge in [-0.3, -0.25) is 29.3 Å². The van der Waals surface area contributed by atoms with Gasteiger partial charge in [-0.25, -0.2) is 31.8 Å². The Bertz CT molecular complexity index is 2420. The molecule has 6 atom stereocenters. The van der Waals surface area contributed by atoms with Crippen LogP contribution in [0.2, 0.25) is 0 Å². The Balaban J connectivity index is 1.34. The van der Waals surface area contributed by atoms with E-state index in [4.69, 9.17) is 23.2 Å². The van der Waals surface area contributed by atoms with Crippen molar-refractivity contribution in [2.24, 2.45) is 17.8 Å². The second-order valence-corrected chi connectivity index (χ2v) is 14.4. The number of nitrogens with zero attached hydrogens (tertiary/aromatic N) is 3. The number of benzene rings is 4. The molecule has 2 aliphatic carbocycles. The number of amides is 4. The molecule has 17 heteroatoms. The summed E-state index contributed by atoms with van der Waals surface area (Å²) in [4.78, 5) is 62.6. The number of anilines is 2. The molecule has 53 heavy (non-hydrogen) atoms. The lowest BCUT2D eigenvalue weighted by atomic mass is 9.56. The summed E-state index contributed by atoms with van der Waals surface area (Å²) < 4.78 is 73.7. The molecule has 4 amide bonds. The highest BCUT2D eigenvalue weighted by Crippen LogP contribution is 2.67. The van der Waals surface area contributed by atoms with Crippen LogP contribution >= 0.6 is 23.2 Å². The van der Waals surface area contributed by atoms with E-state index in [0.29, 0.717) is 5.39 Å². The number of halogens is 7. The summed E-state index contributed by atoms with van der Waals surface area (Å²) in [6.07, 6.45) is 0.559. The average molecular weight is 772 g/mol. The first-order chi connectivity index (χ1) is 25.1. The standard InChI is InChI=1S/C36H20Cl2F5N3O7/c37-35-13-21-18(10-11-19-22(21)32(49)44(31(19)48)15-5-3-6-16(12-15)46(52)53)23(20-9-8-14-4-1-2-7-17(14)30(20)47)36(35,38)34(51)45(33(35)50)29-27(42)25(40)24(39)26(41)28(29)43/h1-10,12,19,21-23,47H,11,13H2. The largest absolute Gasteiger partial charge is 0.507 e. The zero-order chi connectivity index (χ0) is 38.0. The smallest absolute Gasteiger partial charge is 0.271 e. The van der Waals surface area contributed by atoms with Crippen LogP contribution in [0.15, 0.2) is 72.3 Å². The first-order valence-corrected chi connectivity index (χ1v) is 16.6. The normalized spacial score (nSPS) is 27.9. The molecule has 1 saturated carbocycles. The Morgan fingerprint density at radius 1 is 0.792 bits per heavy atom. The maximum absolute atomic E-state index is 15.3. The van der Waals surface area contributed by atoms with E-state index in [2.05, 4.69) is 0 Å². The first-order valence-electron chi connectivity index (χ1n) is 15.9. The van der Waals surface area contributed by atoms with E-state index in [1.54, 1.807) is 18.2 Å². The molecular weight excluding hydrogens is 752 g/mol. The van der Waals surface area contributed by atoms with Crippen molar-refractivity contribution in [3.05, 3.63) is 117 Å². The zero-order valence-electron chi connectivity index (χ0n) is 26.5. The Labute approximate surface area is 304 Å². The van der Waals surface area contributed by atoms with Crippen LogP contribution in [-0.2, 0) is 19.2 Å². The van der Waals surface area contributed by atoms with Crippen molar-refractivity contribution in [3.63, 3.8) is 0 Å². The van der Waals surface area contributed by atoms with E-state index in [1.165, 1.54) is 36.4 Å². The fraction of sp³-hybridized carbons (Fsp3) is 0.222. The van der Waals surface area contributed by atoms with Crippen molar-refractivity contribution < 1.29 is 51.2 Å². The van der Waals surface area contributed by atoms with Crippen LogP contribution in [0.1, 0.15) is 24.3 Å². The minimum Gasteiger partial charge on any atom is -0.507 e. The predicted octanol–water partition coefficient (Wildman–Crippen LogP) is 6.92. The predicted molar refractivity (Wildman–Crippen MR) is 178 cm³/mol. The number of fused-ring (bicyclic) bond motifs is 5. The van der Waals surface area contributed by atoms with Gasteiger partial charge in [-0.05, 0) is 30.2 Å². The van der Waals surface area contributed by atoms with Gasteiger partial charge < -0.3 is 5.11 Å². The van der Waals surface area contributed by atoms with Gasteiger partial charge in [0.2, 0.25) is 17.6 Å². The third kappa shape index (κ3) is 4.37. The lowest BCUT2D eigenvalue weighted by molar-refractivity contribution is -0.384. The number of hydrogen-bond donors (Lipinski definition) is 1. The fourth-order valence-corrected chi connectivity index (χ4v) is 9.34. The van der Waals surface area contributed by atoms with Gasteiger partial charge in [0.1, 0.15) is 11.4 Å². The minimum absolute atomic E-state index is 0.124. The van der Waals surface area contributed by atoms with Gasteiger partial charge in [0.25, 0.3) is 17.5 Å². The Hall–Kier alpha value is -5.41. The van der Waals surface area contributed by atoms with Crippen molar-refractivity contribution in [3.8, 4) is 5.75 Å². The quantitative estimate of drug-likeness (QED) is 0.0348. The molecule has 0 bridgehead atoms. The van der Waals surface area contributed by atoms with Crippen molar-refractivity contribution >= 4 is 74.7 Å². The Morgan fingerprint density at radius 2 is 1.45 bits per heavy atom. The molecule has 8 rings (SSSR count). The highest BCUT2D eigenvalue weighted by molar-refractivity contribution is 6.58. The number of phenols is 1. The van der Waals surface area contributed by atoms with Crippen LogP contribution in [0.3, 0.4) is 0 Å². The number of phenolic OH excluding ortho intramolecular Hbond substituents is 1. The molecule has 0 spiro atoms. The summed E-state index contributed by atoms with van der Waals surface area (Å²) in [7, 11) is 0. The molecule has 6 unspecified atom stereocenters. The van der Waals surface area contributed by atoms with Gasteiger partial charge in [-0.1, -0.05) is 54.1 Å². The number of hydrogen-bond acceptors (Lipinski definition) is 7. The number of aromatic hydroxyl groups is 1. The van der Waals surface area contributed by atoms with Gasteiger partial charge in [0.15, 0.2) is 33.0 Å². The molecular formula is C36H20Cl2F5N3O7. The van der Waals surface area contributed by atoms with E-state index in [9.17, 15) is 47.6 Å². The number of carbonyl (C=O) groups excluding carboxylic acids is 4.